The highest BCUT2D eigenvalue weighted by atomic mass is 16.6. The lowest BCUT2D eigenvalue weighted by molar-refractivity contribution is -0.167. The van der Waals surface area contributed by atoms with Gasteiger partial charge in [-0.1, -0.05) is 238 Å². The number of unbranched alkanes of at least 4 members (excludes halogenated alkanes) is 21. The van der Waals surface area contributed by atoms with E-state index in [4.69, 9.17) is 14.2 Å². The fourth-order valence-electron chi connectivity index (χ4n) is 8.01. The molecule has 0 N–H and O–H groups in total. The SMILES string of the molecule is CC/C=C\C/C=C\C/C=C\C/C=C\C/C=C\CCCCCC(=O)OC[C@H](COC(=O)CCCCC/C=C\C/C=C\C/C=C\C/C=C\CCCCC)OC(=O)CCCCCCCCCCC/C=C\C/C=C\CCCCC. The molecule has 0 spiro atoms. The molecule has 0 fully saturated rings. The summed E-state index contributed by atoms with van der Waals surface area (Å²) >= 11 is 0. The first-order valence-corrected chi connectivity index (χ1v) is 30.7. The van der Waals surface area contributed by atoms with E-state index in [1.807, 2.05) is 0 Å². The van der Waals surface area contributed by atoms with E-state index in [9.17, 15) is 14.4 Å². The van der Waals surface area contributed by atoms with E-state index in [0.29, 0.717) is 19.3 Å². The van der Waals surface area contributed by atoms with Crippen LogP contribution in [0.5, 0.6) is 0 Å². The van der Waals surface area contributed by atoms with Gasteiger partial charge < -0.3 is 14.2 Å². The number of carbonyl (C=O) groups is 3. The van der Waals surface area contributed by atoms with Gasteiger partial charge in [-0.05, 0) is 141 Å². The average Bonchev–Trinajstić information content (AvgIpc) is 3.41. The second-order valence-electron chi connectivity index (χ2n) is 19.9. The Labute approximate surface area is 462 Å². The average molecular weight is 1040 g/mol. The molecule has 0 saturated heterocycles. The van der Waals surface area contributed by atoms with E-state index in [-0.39, 0.29) is 31.1 Å². The first-order chi connectivity index (χ1) is 37.0. The Bertz CT molecular complexity index is 1620. The van der Waals surface area contributed by atoms with Crippen LogP contribution >= 0.6 is 0 Å². The number of hydrogen-bond acceptors (Lipinski definition) is 6. The molecule has 0 heterocycles. The fraction of sp³-hybridized carbons (Fsp3) is 0.638. The molecule has 0 amide bonds. The maximum Gasteiger partial charge on any atom is 0.306 e. The Balaban J connectivity index is 4.53. The van der Waals surface area contributed by atoms with Crippen LogP contribution in [0.15, 0.2) is 134 Å². The Hall–Kier alpha value is -4.45. The maximum atomic E-state index is 12.9. The first-order valence-electron chi connectivity index (χ1n) is 30.7. The molecule has 0 unspecified atom stereocenters. The van der Waals surface area contributed by atoms with E-state index < -0.39 is 6.10 Å². The van der Waals surface area contributed by atoms with Crippen LogP contribution in [-0.4, -0.2) is 37.2 Å². The lowest BCUT2D eigenvalue weighted by atomic mass is 10.1. The van der Waals surface area contributed by atoms with Crippen molar-refractivity contribution in [3.8, 4) is 0 Å². The number of allylic oxidation sites excluding steroid dienone is 22. The van der Waals surface area contributed by atoms with Crippen LogP contribution in [-0.2, 0) is 28.6 Å². The smallest absolute Gasteiger partial charge is 0.306 e. The Morgan fingerprint density at radius 1 is 0.280 bits per heavy atom. The maximum absolute atomic E-state index is 12.9. The molecule has 0 saturated carbocycles. The van der Waals surface area contributed by atoms with Gasteiger partial charge in [0.2, 0.25) is 0 Å². The minimum atomic E-state index is -0.814. The molecular formula is C69H112O6. The van der Waals surface area contributed by atoms with Crippen LogP contribution in [0.3, 0.4) is 0 Å². The number of ether oxygens (including phenoxy) is 3. The van der Waals surface area contributed by atoms with E-state index in [1.54, 1.807) is 0 Å². The zero-order valence-electron chi connectivity index (χ0n) is 48.5. The number of hydrogen-bond donors (Lipinski definition) is 0. The summed E-state index contributed by atoms with van der Waals surface area (Å²) in [7, 11) is 0. The minimum Gasteiger partial charge on any atom is -0.462 e. The van der Waals surface area contributed by atoms with Crippen LogP contribution in [0.2, 0.25) is 0 Å². The molecule has 6 nitrogen and oxygen atoms in total. The van der Waals surface area contributed by atoms with Gasteiger partial charge in [-0.25, -0.2) is 0 Å². The molecule has 0 radical (unpaired) electrons. The van der Waals surface area contributed by atoms with Gasteiger partial charge in [-0.2, -0.15) is 0 Å². The molecule has 0 aliphatic carbocycles. The predicted octanol–water partition coefficient (Wildman–Crippen LogP) is 21.0. The van der Waals surface area contributed by atoms with Crippen LogP contribution < -0.4 is 0 Å². The zero-order valence-corrected chi connectivity index (χ0v) is 48.5. The molecule has 424 valence electrons. The van der Waals surface area contributed by atoms with Crippen molar-refractivity contribution in [2.75, 3.05) is 13.2 Å². The molecule has 0 aliphatic heterocycles. The second-order valence-corrected chi connectivity index (χ2v) is 19.9. The summed E-state index contributed by atoms with van der Waals surface area (Å²) in [5.41, 5.74) is 0. The third kappa shape index (κ3) is 60.3. The Kier molecular flexibility index (Phi) is 58.4. The monoisotopic (exact) mass is 1040 g/mol. The van der Waals surface area contributed by atoms with Crippen LogP contribution in [0.1, 0.15) is 265 Å². The molecule has 75 heavy (non-hydrogen) atoms. The molecule has 1 atom stereocenters. The summed E-state index contributed by atoms with van der Waals surface area (Å²) in [4.78, 5) is 38.3. The van der Waals surface area contributed by atoms with Gasteiger partial charge in [0.1, 0.15) is 13.2 Å². The van der Waals surface area contributed by atoms with Gasteiger partial charge in [0.05, 0.1) is 0 Å². The van der Waals surface area contributed by atoms with E-state index in [2.05, 4.69) is 154 Å². The number of esters is 3. The highest BCUT2D eigenvalue weighted by molar-refractivity contribution is 5.71. The van der Waals surface area contributed by atoms with Crippen molar-refractivity contribution in [3.05, 3.63) is 134 Å². The third-order valence-corrected chi connectivity index (χ3v) is 12.6. The second kappa shape index (κ2) is 62.1. The summed E-state index contributed by atoms with van der Waals surface area (Å²) in [6, 6.07) is 0. The van der Waals surface area contributed by atoms with Crippen molar-refractivity contribution in [2.45, 2.75) is 271 Å². The van der Waals surface area contributed by atoms with Gasteiger partial charge in [0.15, 0.2) is 6.10 Å². The van der Waals surface area contributed by atoms with Gasteiger partial charge in [-0.15, -0.1) is 0 Å². The number of carbonyl (C=O) groups excluding carboxylic acids is 3. The van der Waals surface area contributed by atoms with E-state index in [0.717, 1.165) is 128 Å². The van der Waals surface area contributed by atoms with Crippen molar-refractivity contribution < 1.29 is 28.6 Å². The normalized spacial score (nSPS) is 13.1. The van der Waals surface area contributed by atoms with E-state index >= 15 is 0 Å². The minimum absolute atomic E-state index is 0.111. The van der Waals surface area contributed by atoms with E-state index in [1.165, 1.54) is 96.3 Å². The molecule has 6 heteroatoms. The topological polar surface area (TPSA) is 78.9 Å². The number of rotatable bonds is 54. The largest absolute Gasteiger partial charge is 0.462 e. The summed E-state index contributed by atoms with van der Waals surface area (Å²) in [6.45, 7) is 6.42. The summed E-state index contributed by atoms with van der Waals surface area (Å²) in [5, 5.41) is 0. The summed E-state index contributed by atoms with van der Waals surface area (Å²) in [6.07, 6.45) is 87.2. The van der Waals surface area contributed by atoms with Gasteiger partial charge in [-0.3, -0.25) is 14.4 Å². The van der Waals surface area contributed by atoms with Crippen molar-refractivity contribution >= 4 is 17.9 Å². The van der Waals surface area contributed by atoms with Crippen LogP contribution in [0.25, 0.3) is 0 Å². The van der Waals surface area contributed by atoms with Crippen LogP contribution in [0.4, 0.5) is 0 Å². The molecule has 0 aromatic rings. The standard InChI is InChI=1S/C69H112O6/c1-4-7-10-13-16-19-22-25-28-31-34-37-40-43-46-49-52-55-58-61-67(70)73-64-66(75-69(72)63-60-57-54-51-48-45-42-39-36-33-30-27-24-21-18-15-12-9-6-3)65-74-68(71)62-59-56-53-50-47-44-41-38-35-32-29-26-23-20-17-14-11-8-5-2/h7,10,16-21,25-30,34-35,37-38,43-44,46-47,66H,4-6,8-9,11-15,22-24,31-33,36,39-42,45,48-65H2,1-3H3/b10-7-,19-16-,20-17-,21-18-,28-25-,29-26-,30-27-,37-34-,38-35-,46-43-,47-44-/t66-/m1/s1. The lowest BCUT2D eigenvalue weighted by Crippen LogP contribution is -2.30. The van der Waals surface area contributed by atoms with Gasteiger partial charge in [0.25, 0.3) is 0 Å². The molecule has 0 bridgehead atoms. The predicted molar refractivity (Wildman–Crippen MR) is 325 cm³/mol. The third-order valence-electron chi connectivity index (χ3n) is 12.6. The highest BCUT2D eigenvalue weighted by Crippen LogP contribution is 2.14. The molecule has 0 aromatic heterocycles. The van der Waals surface area contributed by atoms with Crippen molar-refractivity contribution in [1.29, 1.82) is 0 Å². The molecule has 0 rings (SSSR count). The zero-order chi connectivity index (χ0) is 54.3. The fourth-order valence-corrected chi connectivity index (χ4v) is 8.01. The van der Waals surface area contributed by atoms with Crippen molar-refractivity contribution in [2.24, 2.45) is 0 Å². The van der Waals surface area contributed by atoms with Crippen molar-refractivity contribution in [3.63, 3.8) is 0 Å². The highest BCUT2D eigenvalue weighted by Gasteiger charge is 2.19. The summed E-state index contributed by atoms with van der Waals surface area (Å²) < 4.78 is 16.9. The van der Waals surface area contributed by atoms with Gasteiger partial charge >= 0.3 is 17.9 Å². The quantitative estimate of drug-likeness (QED) is 0.0261. The molecule has 0 aliphatic rings. The first kappa shape index (κ1) is 70.5. The van der Waals surface area contributed by atoms with Crippen LogP contribution in [0, 0.1) is 0 Å². The molecular weight excluding hydrogens is 925 g/mol. The lowest BCUT2D eigenvalue weighted by Gasteiger charge is -2.18. The summed E-state index contributed by atoms with van der Waals surface area (Å²) in [5.74, 6) is -0.975. The Morgan fingerprint density at radius 2 is 0.520 bits per heavy atom. The van der Waals surface area contributed by atoms with Gasteiger partial charge in [0, 0.05) is 19.3 Å². The Morgan fingerprint density at radius 3 is 0.827 bits per heavy atom. The molecule has 0 aromatic carbocycles. The van der Waals surface area contributed by atoms with Crippen molar-refractivity contribution in [1.82, 2.24) is 0 Å².